The van der Waals surface area contributed by atoms with Crippen molar-refractivity contribution in [2.75, 3.05) is 42.3 Å². The van der Waals surface area contributed by atoms with Gasteiger partial charge in [0.25, 0.3) is 0 Å². The van der Waals surface area contributed by atoms with Crippen LogP contribution in [0, 0.1) is 5.82 Å². The third-order valence-electron chi connectivity index (χ3n) is 8.55. The fraction of sp³-hybridized carbons (Fsp3) is 0.371. The molecule has 252 valence electrons. The number of carbonyl (C=O) groups excluding carboxylic acids is 2. The highest BCUT2D eigenvalue weighted by molar-refractivity contribution is 6.34. The summed E-state index contributed by atoms with van der Waals surface area (Å²) in [6.07, 6.45) is 3.16. The first-order valence-corrected chi connectivity index (χ1v) is 16.2. The standard InChI is InChI=1S/C35H40ClFN8O3/c1-9-27(46)39-25-13-11-12-24(37)29(25)31-23(36)16-22-33(44-18-20(5)43(17-21(44)6)28(47)10-2)41-35(48)45(34(22)40-31)32-26(42(7)8)14-15-38-30(32)19(3)4/h10-16,19-21H,2,9,17-18H2,1,3-8H3,(H,39,46). The maximum atomic E-state index is 15.7. The molecular formula is C35H40ClFN8O3. The van der Waals surface area contributed by atoms with Gasteiger partial charge in [0.1, 0.15) is 11.6 Å². The van der Waals surface area contributed by atoms with Crippen LogP contribution in [-0.4, -0.2) is 75.5 Å². The first-order chi connectivity index (χ1) is 22.8. The smallest absolute Gasteiger partial charge is 0.355 e. The number of aromatic nitrogens is 4. The number of nitrogens with zero attached hydrogens (tertiary/aromatic N) is 7. The van der Waals surface area contributed by atoms with Crippen molar-refractivity contribution in [2.45, 2.75) is 59.0 Å². The summed E-state index contributed by atoms with van der Waals surface area (Å²) < 4.78 is 17.1. The largest absolute Gasteiger partial charge is 0.376 e. The monoisotopic (exact) mass is 674 g/mol. The number of pyridine rings is 2. The number of amides is 2. The Morgan fingerprint density at radius 3 is 2.54 bits per heavy atom. The van der Waals surface area contributed by atoms with E-state index in [9.17, 15) is 14.4 Å². The fourth-order valence-corrected chi connectivity index (χ4v) is 6.37. The summed E-state index contributed by atoms with van der Waals surface area (Å²) in [5, 5.41) is 3.29. The predicted molar refractivity (Wildman–Crippen MR) is 189 cm³/mol. The molecule has 13 heteroatoms. The van der Waals surface area contributed by atoms with Crippen LogP contribution in [0.3, 0.4) is 0 Å². The van der Waals surface area contributed by atoms with Gasteiger partial charge in [-0.3, -0.25) is 14.6 Å². The van der Waals surface area contributed by atoms with E-state index in [0.717, 1.165) is 0 Å². The van der Waals surface area contributed by atoms with Crippen LogP contribution in [0.1, 0.15) is 52.7 Å². The second-order valence-electron chi connectivity index (χ2n) is 12.5. The van der Waals surface area contributed by atoms with Gasteiger partial charge in [0.05, 0.1) is 44.4 Å². The number of hydrogen-bond acceptors (Lipinski definition) is 8. The Morgan fingerprint density at radius 1 is 1.17 bits per heavy atom. The lowest BCUT2D eigenvalue weighted by Gasteiger charge is -2.44. The zero-order valence-corrected chi connectivity index (χ0v) is 29.0. The highest BCUT2D eigenvalue weighted by Crippen LogP contribution is 2.40. The second-order valence-corrected chi connectivity index (χ2v) is 12.9. The van der Waals surface area contributed by atoms with Crippen LogP contribution in [0.2, 0.25) is 5.02 Å². The van der Waals surface area contributed by atoms with Crippen molar-refractivity contribution >= 4 is 51.6 Å². The molecule has 4 heterocycles. The van der Waals surface area contributed by atoms with E-state index in [1.807, 2.05) is 51.6 Å². The van der Waals surface area contributed by atoms with Gasteiger partial charge in [-0.2, -0.15) is 4.98 Å². The molecule has 1 aliphatic rings. The van der Waals surface area contributed by atoms with Gasteiger partial charge < -0.3 is 20.0 Å². The average molecular weight is 675 g/mol. The Kier molecular flexibility index (Phi) is 9.86. The Bertz CT molecular complexity index is 1950. The van der Waals surface area contributed by atoms with Gasteiger partial charge in [-0.15, -0.1) is 0 Å². The summed E-state index contributed by atoms with van der Waals surface area (Å²) in [5.74, 6) is -0.892. The number of nitrogens with one attached hydrogen (secondary N) is 1. The van der Waals surface area contributed by atoms with E-state index in [4.69, 9.17) is 16.6 Å². The van der Waals surface area contributed by atoms with Crippen LogP contribution in [0.25, 0.3) is 28.0 Å². The molecule has 1 saturated heterocycles. The third-order valence-corrected chi connectivity index (χ3v) is 8.83. The lowest BCUT2D eigenvalue weighted by Crippen LogP contribution is -2.58. The highest BCUT2D eigenvalue weighted by atomic mass is 35.5. The lowest BCUT2D eigenvalue weighted by atomic mass is 10.0. The van der Waals surface area contributed by atoms with Crippen molar-refractivity contribution in [1.82, 2.24) is 24.4 Å². The summed E-state index contributed by atoms with van der Waals surface area (Å²) >= 11 is 6.95. The Morgan fingerprint density at radius 2 is 1.90 bits per heavy atom. The van der Waals surface area contributed by atoms with E-state index < -0.39 is 11.5 Å². The summed E-state index contributed by atoms with van der Waals surface area (Å²) in [4.78, 5) is 59.2. The van der Waals surface area contributed by atoms with E-state index in [2.05, 4.69) is 21.9 Å². The van der Waals surface area contributed by atoms with Crippen molar-refractivity contribution < 1.29 is 14.0 Å². The van der Waals surface area contributed by atoms with Gasteiger partial charge in [0.2, 0.25) is 11.8 Å². The minimum Gasteiger partial charge on any atom is -0.376 e. The molecule has 0 saturated carbocycles. The molecule has 11 nitrogen and oxygen atoms in total. The molecule has 1 N–H and O–H groups in total. The first kappa shape index (κ1) is 34.5. The van der Waals surface area contributed by atoms with Crippen molar-refractivity contribution in [3.05, 3.63) is 76.2 Å². The van der Waals surface area contributed by atoms with E-state index in [1.54, 1.807) is 36.2 Å². The van der Waals surface area contributed by atoms with Crippen molar-refractivity contribution in [3.63, 3.8) is 0 Å². The van der Waals surface area contributed by atoms with E-state index >= 15 is 4.39 Å². The Balaban J connectivity index is 1.88. The van der Waals surface area contributed by atoms with Crippen LogP contribution >= 0.6 is 11.6 Å². The van der Waals surface area contributed by atoms with Crippen LogP contribution in [-0.2, 0) is 9.59 Å². The quantitative estimate of drug-likeness (QED) is 0.234. The zero-order valence-electron chi connectivity index (χ0n) is 28.2. The van der Waals surface area contributed by atoms with Gasteiger partial charge in [0, 0.05) is 51.9 Å². The number of carbonyl (C=O) groups is 2. The molecule has 4 aromatic rings. The number of hydrogen-bond donors (Lipinski definition) is 1. The normalized spacial score (nSPS) is 16.4. The third kappa shape index (κ3) is 6.24. The fourth-order valence-electron chi connectivity index (χ4n) is 6.13. The molecule has 1 aromatic carbocycles. The molecule has 3 aromatic heterocycles. The molecule has 0 aliphatic carbocycles. The molecule has 2 unspecified atom stereocenters. The topological polar surface area (TPSA) is 117 Å². The molecule has 0 radical (unpaired) electrons. The molecule has 0 spiro atoms. The molecular weight excluding hydrogens is 635 g/mol. The van der Waals surface area contributed by atoms with Crippen LogP contribution in [0.5, 0.6) is 0 Å². The van der Waals surface area contributed by atoms with Crippen molar-refractivity contribution in [2.24, 2.45) is 0 Å². The van der Waals surface area contributed by atoms with Crippen LogP contribution in [0.4, 0.5) is 21.6 Å². The summed E-state index contributed by atoms with van der Waals surface area (Å²) in [6.45, 7) is 13.9. The van der Waals surface area contributed by atoms with Crippen molar-refractivity contribution in [3.8, 4) is 16.9 Å². The molecule has 5 rings (SSSR count). The van der Waals surface area contributed by atoms with Gasteiger partial charge in [-0.05, 0) is 50.1 Å². The molecule has 48 heavy (non-hydrogen) atoms. The SMILES string of the molecule is C=CC(=O)N1CC(C)N(c2nc(=O)n(-c3c(N(C)C)ccnc3C(C)C)c3nc(-c4c(F)cccc4NC(=O)CC)c(Cl)cc23)CC1C. The molecule has 0 bridgehead atoms. The van der Waals surface area contributed by atoms with Gasteiger partial charge in [-0.1, -0.05) is 45.0 Å². The van der Waals surface area contributed by atoms with Gasteiger partial charge in [0.15, 0.2) is 5.65 Å². The Labute approximate surface area is 284 Å². The second kappa shape index (κ2) is 13.7. The maximum Gasteiger partial charge on any atom is 0.355 e. The van der Waals surface area contributed by atoms with Crippen LogP contribution < -0.4 is 20.8 Å². The molecule has 1 aliphatic heterocycles. The summed E-state index contributed by atoms with van der Waals surface area (Å²) in [7, 11) is 3.73. The first-order valence-electron chi connectivity index (χ1n) is 15.9. The zero-order chi connectivity index (χ0) is 35.0. The number of rotatable bonds is 8. The molecule has 2 atom stereocenters. The average Bonchev–Trinajstić information content (AvgIpc) is 3.04. The number of fused-ring (bicyclic) bond motifs is 1. The minimum absolute atomic E-state index is 0.00907. The maximum absolute atomic E-state index is 15.7. The predicted octanol–water partition coefficient (Wildman–Crippen LogP) is 5.78. The number of piperazine rings is 1. The minimum atomic E-state index is -0.649. The number of anilines is 3. The lowest BCUT2D eigenvalue weighted by molar-refractivity contribution is -0.128. The van der Waals surface area contributed by atoms with Crippen molar-refractivity contribution in [1.29, 1.82) is 0 Å². The van der Waals surface area contributed by atoms with Gasteiger partial charge in [-0.25, -0.2) is 18.7 Å². The van der Waals surface area contributed by atoms with E-state index in [-0.39, 0.29) is 63.9 Å². The highest BCUT2D eigenvalue weighted by Gasteiger charge is 2.34. The molecule has 2 amide bonds. The van der Waals surface area contributed by atoms with E-state index in [1.165, 1.54) is 22.8 Å². The Hall–Kier alpha value is -4.84. The summed E-state index contributed by atoms with van der Waals surface area (Å²) in [5.41, 5.74) is 1.62. The number of benzene rings is 1. The van der Waals surface area contributed by atoms with Gasteiger partial charge >= 0.3 is 5.69 Å². The van der Waals surface area contributed by atoms with Crippen LogP contribution in [0.15, 0.2) is 54.0 Å². The number of halogens is 2. The summed E-state index contributed by atoms with van der Waals surface area (Å²) in [6, 6.07) is 7.31. The van der Waals surface area contributed by atoms with E-state index in [0.29, 0.717) is 41.4 Å². The molecule has 1 fully saturated rings.